The summed E-state index contributed by atoms with van der Waals surface area (Å²) in [4.78, 5) is 14.7. The van der Waals surface area contributed by atoms with Crippen molar-refractivity contribution in [2.75, 3.05) is 7.11 Å². The molecule has 5 heteroatoms. The third kappa shape index (κ3) is 3.20. The Bertz CT molecular complexity index is 368. The Morgan fingerprint density at radius 3 is 2.87 bits per heavy atom. The number of carbonyl (C=O) groups is 1. The Balaban J connectivity index is 2.90. The zero-order valence-corrected chi connectivity index (χ0v) is 10.1. The quantitative estimate of drug-likeness (QED) is 0.916. The van der Waals surface area contributed by atoms with Crippen LogP contribution in [0.4, 0.5) is 0 Å². The first-order valence-electron chi connectivity index (χ1n) is 4.45. The molecule has 0 radical (unpaired) electrons. The van der Waals surface area contributed by atoms with Gasteiger partial charge in [-0.3, -0.25) is 9.78 Å². The molecular formula is C10H12BrNO3. The maximum absolute atomic E-state index is 10.5. The van der Waals surface area contributed by atoms with Crippen molar-refractivity contribution in [2.45, 2.75) is 19.3 Å². The van der Waals surface area contributed by atoms with Crippen LogP contribution in [0.3, 0.4) is 0 Å². The zero-order valence-electron chi connectivity index (χ0n) is 8.53. The molecule has 1 atom stereocenters. The van der Waals surface area contributed by atoms with E-state index in [-0.39, 0.29) is 12.3 Å². The second kappa shape index (κ2) is 5.11. The van der Waals surface area contributed by atoms with Gasteiger partial charge in [0.1, 0.15) is 5.75 Å². The van der Waals surface area contributed by atoms with E-state index in [0.717, 1.165) is 10.2 Å². The lowest BCUT2D eigenvalue weighted by Crippen LogP contribution is -2.05. The van der Waals surface area contributed by atoms with Crippen LogP contribution in [-0.2, 0) is 4.79 Å². The van der Waals surface area contributed by atoms with Crippen LogP contribution in [-0.4, -0.2) is 23.2 Å². The Morgan fingerprint density at radius 1 is 1.73 bits per heavy atom. The van der Waals surface area contributed by atoms with Gasteiger partial charge < -0.3 is 9.84 Å². The number of carboxylic acids is 1. The summed E-state index contributed by atoms with van der Waals surface area (Å²) in [5.41, 5.74) is 0.734. The second-order valence-corrected chi connectivity index (χ2v) is 4.10. The average Bonchev–Trinajstić information content (AvgIpc) is 2.16. The van der Waals surface area contributed by atoms with Gasteiger partial charge in [-0.05, 0) is 22.0 Å². The van der Waals surface area contributed by atoms with Crippen LogP contribution in [0.2, 0.25) is 0 Å². The van der Waals surface area contributed by atoms with Crippen molar-refractivity contribution in [2.24, 2.45) is 0 Å². The number of rotatable bonds is 4. The molecule has 15 heavy (non-hydrogen) atoms. The first-order chi connectivity index (χ1) is 7.04. The Kier molecular flexibility index (Phi) is 4.08. The first-order valence-corrected chi connectivity index (χ1v) is 5.25. The number of hydrogen-bond acceptors (Lipinski definition) is 3. The summed E-state index contributed by atoms with van der Waals surface area (Å²) in [6.45, 7) is 1.83. The maximum Gasteiger partial charge on any atom is 0.304 e. The van der Waals surface area contributed by atoms with Gasteiger partial charge in [0, 0.05) is 10.4 Å². The van der Waals surface area contributed by atoms with E-state index in [1.807, 2.05) is 6.92 Å². The number of methoxy groups -OCH3 is 1. The Hall–Kier alpha value is -1.10. The van der Waals surface area contributed by atoms with Crippen LogP contribution >= 0.6 is 15.9 Å². The monoisotopic (exact) mass is 273 g/mol. The van der Waals surface area contributed by atoms with E-state index in [0.29, 0.717) is 5.75 Å². The molecule has 82 valence electrons. The van der Waals surface area contributed by atoms with Gasteiger partial charge in [-0.15, -0.1) is 0 Å². The number of halogens is 1. The molecule has 0 saturated heterocycles. The summed E-state index contributed by atoms with van der Waals surface area (Å²) in [6, 6.07) is 1.78. The van der Waals surface area contributed by atoms with Crippen molar-refractivity contribution >= 4 is 21.9 Å². The molecule has 0 aliphatic heterocycles. The average molecular weight is 274 g/mol. The Labute approximate surface area is 96.4 Å². The standard InChI is InChI=1S/C10H12BrNO3/c1-6(3-9(13)14)10-8(11)4-7(15-2)5-12-10/h4-6H,3H2,1-2H3,(H,13,14). The molecule has 0 bridgehead atoms. The molecule has 1 heterocycles. The predicted molar refractivity (Wildman–Crippen MR) is 59.2 cm³/mol. The minimum atomic E-state index is -0.827. The molecule has 0 aliphatic carbocycles. The minimum absolute atomic E-state index is 0.0674. The highest BCUT2D eigenvalue weighted by atomic mass is 79.9. The van der Waals surface area contributed by atoms with Crippen molar-refractivity contribution in [3.05, 3.63) is 22.4 Å². The lowest BCUT2D eigenvalue weighted by molar-refractivity contribution is -0.137. The van der Waals surface area contributed by atoms with E-state index < -0.39 is 5.97 Å². The van der Waals surface area contributed by atoms with Crippen LogP contribution in [0.25, 0.3) is 0 Å². The fraction of sp³-hybridized carbons (Fsp3) is 0.400. The fourth-order valence-electron chi connectivity index (χ4n) is 1.26. The first kappa shape index (κ1) is 12.0. The van der Waals surface area contributed by atoms with E-state index >= 15 is 0 Å². The molecule has 0 amide bonds. The van der Waals surface area contributed by atoms with Crippen LogP contribution in [0.5, 0.6) is 5.75 Å². The summed E-state index contributed by atoms with van der Waals surface area (Å²) in [5.74, 6) is -0.303. The zero-order chi connectivity index (χ0) is 11.4. The molecule has 1 unspecified atom stereocenters. The van der Waals surface area contributed by atoms with E-state index in [1.165, 1.54) is 0 Å². The highest BCUT2D eigenvalue weighted by Crippen LogP contribution is 2.27. The lowest BCUT2D eigenvalue weighted by Gasteiger charge is -2.11. The fourth-order valence-corrected chi connectivity index (χ4v) is 1.98. The highest BCUT2D eigenvalue weighted by molar-refractivity contribution is 9.10. The molecule has 4 nitrogen and oxygen atoms in total. The summed E-state index contributed by atoms with van der Waals surface area (Å²) in [5, 5.41) is 8.67. The van der Waals surface area contributed by atoms with Crippen molar-refractivity contribution in [1.29, 1.82) is 0 Å². The molecule has 0 aliphatic rings. The molecule has 1 aromatic rings. The number of carboxylic acid groups (broad SMARTS) is 1. The van der Waals surface area contributed by atoms with Gasteiger partial charge in [0.2, 0.25) is 0 Å². The van der Waals surface area contributed by atoms with E-state index in [1.54, 1.807) is 19.4 Å². The van der Waals surface area contributed by atoms with Crippen LogP contribution in [0, 0.1) is 0 Å². The van der Waals surface area contributed by atoms with Gasteiger partial charge in [0.05, 0.1) is 25.4 Å². The smallest absolute Gasteiger partial charge is 0.304 e. The van der Waals surface area contributed by atoms with Gasteiger partial charge in [0.25, 0.3) is 0 Å². The number of hydrogen-bond donors (Lipinski definition) is 1. The van der Waals surface area contributed by atoms with Crippen LogP contribution in [0.1, 0.15) is 25.0 Å². The SMILES string of the molecule is COc1cnc(C(C)CC(=O)O)c(Br)c1. The molecule has 0 saturated carbocycles. The number of pyridine rings is 1. The number of aromatic nitrogens is 1. The van der Waals surface area contributed by atoms with Crippen molar-refractivity contribution in [3.63, 3.8) is 0 Å². The third-order valence-electron chi connectivity index (χ3n) is 2.03. The van der Waals surface area contributed by atoms with E-state index in [9.17, 15) is 4.79 Å². The van der Waals surface area contributed by atoms with Gasteiger partial charge in [0.15, 0.2) is 0 Å². The van der Waals surface area contributed by atoms with Crippen molar-refractivity contribution in [1.82, 2.24) is 4.98 Å². The summed E-state index contributed by atoms with van der Waals surface area (Å²) in [6.07, 6.45) is 1.65. The van der Waals surface area contributed by atoms with E-state index in [4.69, 9.17) is 9.84 Å². The van der Waals surface area contributed by atoms with Crippen LogP contribution < -0.4 is 4.74 Å². The predicted octanol–water partition coefficient (Wildman–Crippen LogP) is 2.43. The summed E-state index contributed by atoms with van der Waals surface area (Å²) in [7, 11) is 1.56. The molecule has 0 spiro atoms. The highest BCUT2D eigenvalue weighted by Gasteiger charge is 2.15. The molecule has 1 rings (SSSR count). The van der Waals surface area contributed by atoms with Gasteiger partial charge in [-0.2, -0.15) is 0 Å². The summed E-state index contributed by atoms with van der Waals surface area (Å²) >= 11 is 3.34. The number of ether oxygens (including phenoxy) is 1. The third-order valence-corrected chi connectivity index (χ3v) is 2.66. The molecule has 1 aromatic heterocycles. The molecular weight excluding hydrogens is 262 g/mol. The van der Waals surface area contributed by atoms with Gasteiger partial charge in [-0.1, -0.05) is 6.92 Å². The number of nitrogens with zero attached hydrogens (tertiary/aromatic N) is 1. The van der Waals surface area contributed by atoms with Crippen LogP contribution in [0.15, 0.2) is 16.7 Å². The molecule has 0 fully saturated rings. The minimum Gasteiger partial charge on any atom is -0.495 e. The molecule has 0 aromatic carbocycles. The van der Waals surface area contributed by atoms with Gasteiger partial charge >= 0.3 is 5.97 Å². The van der Waals surface area contributed by atoms with Gasteiger partial charge in [-0.25, -0.2) is 0 Å². The van der Waals surface area contributed by atoms with Crippen molar-refractivity contribution < 1.29 is 14.6 Å². The largest absolute Gasteiger partial charge is 0.495 e. The normalized spacial score (nSPS) is 12.2. The van der Waals surface area contributed by atoms with Crippen molar-refractivity contribution in [3.8, 4) is 5.75 Å². The number of aliphatic carboxylic acids is 1. The Morgan fingerprint density at radius 2 is 2.40 bits per heavy atom. The summed E-state index contributed by atoms with van der Waals surface area (Å²) < 4.78 is 5.78. The lowest BCUT2D eigenvalue weighted by atomic mass is 10.0. The maximum atomic E-state index is 10.5. The molecule has 1 N–H and O–H groups in total. The van der Waals surface area contributed by atoms with E-state index in [2.05, 4.69) is 20.9 Å². The second-order valence-electron chi connectivity index (χ2n) is 3.24. The topological polar surface area (TPSA) is 59.4 Å².